The van der Waals surface area contributed by atoms with Gasteiger partial charge in [-0.25, -0.2) is 5.32 Å². The molecule has 2 nitrogen and oxygen atoms in total. The van der Waals surface area contributed by atoms with Crippen molar-refractivity contribution >= 4 is 0 Å². The Kier molecular flexibility index (Phi) is 3.13. The van der Waals surface area contributed by atoms with Crippen molar-refractivity contribution in [3.05, 3.63) is 0 Å². The largest absolute Gasteiger partial charge is 0.301 e. The van der Waals surface area contributed by atoms with Crippen LogP contribution in [0.25, 0.3) is 0 Å². The molecule has 2 fully saturated rings. The second-order valence-electron chi connectivity index (χ2n) is 5.30. The van der Waals surface area contributed by atoms with Crippen LogP contribution in [0.1, 0.15) is 39.5 Å². The molecule has 1 spiro atoms. The molecular weight excluding hydrogens is 172 g/mol. The summed E-state index contributed by atoms with van der Waals surface area (Å²) in [5.41, 5.74) is 0.688. The summed E-state index contributed by atoms with van der Waals surface area (Å²) in [6, 6.07) is 0.737. The summed E-state index contributed by atoms with van der Waals surface area (Å²) in [7, 11) is 0. The first-order valence-corrected chi connectivity index (χ1v) is 6.09. The maximum Gasteiger partial charge on any atom is 0.0138 e. The zero-order valence-electron chi connectivity index (χ0n) is 9.63. The molecule has 0 unspecified atom stereocenters. The smallest absolute Gasteiger partial charge is 0.0138 e. The van der Waals surface area contributed by atoms with Gasteiger partial charge >= 0.3 is 0 Å². The van der Waals surface area contributed by atoms with E-state index in [-0.39, 0.29) is 0 Å². The standard InChI is InChI=1S/C12H23N2/c1-11(2)14-9-5-12(6-10-14)3-7-13-8-4-12/h11H,3-10H2,1-2H3. The second-order valence-corrected chi connectivity index (χ2v) is 5.30. The minimum Gasteiger partial charge on any atom is -0.301 e. The average Bonchev–Trinajstić information content (AvgIpc) is 2.19. The Balaban J connectivity index is 1.87. The van der Waals surface area contributed by atoms with Crippen LogP contribution in [-0.2, 0) is 0 Å². The minimum absolute atomic E-state index is 0.688. The van der Waals surface area contributed by atoms with Crippen molar-refractivity contribution < 1.29 is 0 Å². The maximum absolute atomic E-state index is 4.47. The summed E-state index contributed by atoms with van der Waals surface area (Å²) in [6.07, 6.45) is 5.55. The Morgan fingerprint density at radius 3 is 2.07 bits per heavy atom. The van der Waals surface area contributed by atoms with Crippen molar-refractivity contribution in [1.29, 1.82) is 0 Å². The second kappa shape index (κ2) is 4.19. The van der Waals surface area contributed by atoms with E-state index in [0.717, 1.165) is 19.1 Å². The van der Waals surface area contributed by atoms with Gasteiger partial charge in [0, 0.05) is 19.1 Å². The molecule has 0 aromatic rings. The molecule has 2 aliphatic heterocycles. The number of hydrogen-bond acceptors (Lipinski definition) is 1. The fraction of sp³-hybridized carbons (Fsp3) is 1.00. The highest BCUT2D eigenvalue weighted by molar-refractivity contribution is 4.89. The van der Waals surface area contributed by atoms with E-state index in [0.29, 0.717) is 5.41 Å². The van der Waals surface area contributed by atoms with Crippen molar-refractivity contribution in [3.63, 3.8) is 0 Å². The number of nitrogens with zero attached hydrogens (tertiary/aromatic N) is 2. The molecule has 2 rings (SSSR count). The van der Waals surface area contributed by atoms with Crippen LogP contribution in [0, 0.1) is 5.41 Å². The maximum atomic E-state index is 4.47. The fourth-order valence-corrected chi connectivity index (χ4v) is 2.88. The average molecular weight is 195 g/mol. The van der Waals surface area contributed by atoms with Crippen LogP contribution in [-0.4, -0.2) is 37.1 Å². The van der Waals surface area contributed by atoms with Crippen LogP contribution in [0.5, 0.6) is 0 Å². The summed E-state index contributed by atoms with van der Waals surface area (Å²) in [5, 5.41) is 4.47. The van der Waals surface area contributed by atoms with Gasteiger partial charge in [0.1, 0.15) is 0 Å². The third kappa shape index (κ3) is 2.12. The quantitative estimate of drug-likeness (QED) is 0.624. The lowest BCUT2D eigenvalue weighted by Crippen LogP contribution is -2.46. The van der Waals surface area contributed by atoms with Crippen molar-refractivity contribution in [3.8, 4) is 0 Å². The number of rotatable bonds is 1. The Hall–Kier alpha value is -0.0800. The van der Waals surface area contributed by atoms with Gasteiger partial charge in [-0.1, -0.05) is 0 Å². The molecule has 0 aromatic carbocycles. The topological polar surface area (TPSA) is 17.3 Å². The molecule has 0 aliphatic carbocycles. The Bertz CT molecular complexity index is 173. The molecule has 2 heterocycles. The first-order valence-electron chi connectivity index (χ1n) is 6.09. The molecular formula is C12H23N2. The molecule has 0 saturated carbocycles. The van der Waals surface area contributed by atoms with Crippen molar-refractivity contribution in [1.82, 2.24) is 10.2 Å². The van der Waals surface area contributed by atoms with E-state index in [1.807, 2.05) is 0 Å². The number of piperidine rings is 2. The van der Waals surface area contributed by atoms with E-state index in [9.17, 15) is 0 Å². The van der Waals surface area contributed by atoms with Gasteiger partial charge < -0.3 is 4.90 Å². The van der Waals surface area contributed by atoms with Crippen LogP contribution in [0.15, 0.2) is 0 Å². The number of hydrogen-bond donors (Lipinski definition) is 0. The summed E-state index contributed by atoms with van der Waals surface area (Å²) in [4.78, 5) is 2.62. The lowest BCUT2D eigenvalue weighted by molar-refractivity contribution is 0.0575. The fourth-order valence-electron chi connectivity index (χ4n) is 2.88. The van der Waals surface area contributed by atoms with Crippen molar-refractivity contribution in [2.75, 3.05) is 26.2 Å². The monoisotopic (exact) mass is 195 g/mol. The number of likely N-dealkylation sites (tertiary alicyclic amines) is 1. The van der Waals surface area contributed by atoms with Crippen LogP contribution in [0.2, 0.25) is 0 Å². The third-order valence-electron chi connectivity index (χ3n) is 4.19. The molecule has 0 N–H and O–H groups in total. The summed E-state index contributed by atoms with van der Waals surface area (Å²) in [5.74, 6) is 0. The van der Waals surface area contributed by atoms with Crippen LogP contribution < -0.4 is 5.32 Å². The van der Waals surface area contributed by atoms with Gasteiger partial charge in [-0.15, -0.1) is 0 Å². The van der Waals surface area contributed by atoms with Crippen molar-refractivity contribution in [2.45, 2.75) is 45.6 Å². The first-order chi connectivity index (χ1) is 6.72. The lowest BCUT2D eigenvalue weighted by Gasteiger charge is -2.45. The SMILES string of the molecule is CC(C)N1CCC2(CC[N]CC2)CC1. The molecule has 0 aromatic heterocycles. The molecule has 2 aliphatic rings. The molecule has 2 heteroatoms. The van der Waals surface area contributed by atoms with E-state index >= 15 is 0 Å². The van der Waals surface area contributed by atoms with E-state index in [1.54, 1.807) is 0 Å². The molecule has 2 saturated heterocycles. The summed E-state index contributed by atoms with van der Waals surface area (Å²) >= 11 is 0. The van der Waals surface area contributed by atoms with Crippen LogP contribution >= 0.6 is 0 Å². The van der Waals surface area contributed by atoms with Gasteiger partial charge in [-0.2, -0.15) is 0 Å². The Morgan fingerprint density at radius 2 is 1.57 bits per heavy atom. The van der Waals surface area contributed by atoms with Gasteiger partial charge in [-0.3, -0.25) is 0 Å². The minimum atomic E-state index is 0.688. The van der Waals surface area contributed by atoms with Gasteiger partial charge in [0.05, 0.1) is 0 Å². The third-order valence-corrected chi connectivity index (χ3v) is 4.19. The summed E-state index contributed by atoms with van der Waals surface area (Å²) < 4.78 is 0. The van der Waals surface area contributed by atoms with Gasteiger partial charge in [-0.05, 0) is 58.0 Å². The molecule has 0 amide bonds. The zero-order valence-corrected chi connectivity index (χ0v) is 9.63. The Morgan fingerprint density at radius 1 is 1.00 bits per heavy atom. The highest BCUT2D eigenvalue weighted by Gasteiger charge is 2.36. The lowest BCUT2D eigenvalue weighted by atomic mass is 9.71. The molecule has 0 atom stereocenters. The molecule has 1 radical (unpaired) electrons. The van der Waals surface area contributed by atoms with Crippen molar-refractivity contribution in [2.24, 2.45) is 5.41 Å². The predicted molar refractivity (Wildman–Crippen MR) is 59.5 cm³/mol. The van der Waals surface area contributed by atoms with E-state index in [1.165, 1.54) is 38.8 Å². The highest BCUT2D eigenvalue weighted by atomic mass is 15.2. The summed E-state index contributed by atoms with van der Waals surface area (Å²) in [6.45, 7) is 9.51. The van der Waals surface area contributed by atoms with E-state index < -0.39 is 0 Å². The Labute approximate surface area is 88.1 Å². The van der Waals surface area contributed by atoms with E-state index in [2.05, 4.69) is 24.1 Å². The van der Waals surface area contributed by atoms with Gasteiger partial charge in [0.15, 0.2) is 0 Å². The van der Waals surface area contributed by atoms with Crippen LogP contribution in [0.4, 0.5) is 0 Å². The van der Waals surface area contributed by atoms with Crippen LogP contribution in [0.3, 0.4) is 0 Å². The van der Waals surface area contributed by atoms with E-state index in [4.69, 9.17) is 0 Å². The van der Waals surface area contributed by atoms with Gasteiger partial charge in [0.25, 0.3) is 0 Å². The molecule has 0 bridgehead atoms. The zero-order chi connectivity index (χ0) is 10.0. The predicted octanol–water partition coefficient (Wildman–Crippen LogP) is 1.88. The normalized spacial score (nSPS) is 28.5. The molecule has 81 valence electrons. The highest BCUT2D eigenvalue weighted by Crippen LogP contribution is 2.39. The molecule has 14 heavy (non-hydrogen) atoms. The van der Waals surface area contributed by atoms with Gasteiger partial charge in [0.2, 0.25) is 0 Å². The first kappa shape index (κ1) is 10.4.